The van der Waals surface area contributed by atoms with Gasteiger partial charge in [-0.05, 0) is 29.3 Å². The van der Waals surface area contributed by atoms with Crippen LogP contribution < -0.4 is 11.1 Å². The molecule has 146 valence electrons. The highest BCUT2D eigenvalue weighted by Crippen LogP contribution is 2.43. The zero-order valence-electron chi connectivity index (χ0n) is 15.7. The molecule has 7 nitrogen and oxygen atoms in total. The highest BCUT2D eigenvalue weighted by molar-refractivity contribution is 7.17. The van der Waals surface area contributed by atoms with Gasteiger partial charge in [0, 0.05) is 5.70 Å². The summed E-state index contributed by atoms with van der Waals surface area (Å²) in [5.74, 6) is 0.128. The average molecular weight is 407 g/mol. The van der Waals surface area contributed by atoms with Crippen LogP contribution in [0.2, 0.25) is 0 Å². The predicted octanol–water partition coefficient (Wildman–Crippen LogP) is 2.25. The van der Waals surface area contributed by atoms with Crippen molar-refractivity contribution in [2.75, 3.05) is 13.7 Å². The molecule has 3 N–H and O–H groups in total. The molecule has 0 fully saturated rings. The fourth-order valence-corrected chi connectivity index (χ4v) is 4.41. The van der Waals surface area contributed by atoms with Crippen LogP contribution in [-0.2, 0) is 19.1 Å². The number of nitrogens with one attached hydrogen (secondary N) is 1. The molecule has 0 saturated carbocycles. The molecule has 0 spiro atoms. The Bertz CT molecular complexity index is 1160. The number of rotatable bonds is 4. The number of carbonyl (C=O) groups excluding carboxylic acids is 2. The number of thiophene rings is 1. The fraction of sp³-hybridized carbons (Fsp3) is 0.190. The summed E-state index contributed by atoms with van der Waals surface area (Å²) >= 11 is 1.35. The van der Waals surface area contributed by atoms with Gasteiger partial charge in [-0.1, -0.05) is 18.1 Å². The molecule has 3 rings (SSSR count). The highest BCUT2D eigenvalue weighted by Gasteiger charge is 2.39. The lowest BCUT2D eigenvalue weighted by atomic mass is 9.81. The first-order valence-corrected chi connectivity index (χ1v) is 9.39. The maximum absolute atomic E-state index is 12.8. The van der Waals surface area contributed by atoms with E-state index in [2.05, 4.69) is 17.3 Å². The topological polar surface area (TPSA) is 114 Å². The van der Waals surface area contributed by atoms with Gasteiger partial charge in [0.15, 0.2) is 6.61 Å². The van der Waals surface area contributed by atoms with Gasteiger partial charge < -0.3 is 20.5 Å². The molecule has 2 heterocycles. The second-order valence-corrected chi connectivity index (χ2v) is 7.06. The Hall–Kier alpha value is -3.75. The lowest BCUT2D eigenvalue weighted by Crippen LogP contribution is -2.36. The van der Waals surface area contributed by atoms with E-state index in [1.807, 2.05) is 6.07 Å². The van der Waals surface area contributed by atoms with Crippen molar-refractivity contribution in [1.82, 2.24) is 5.32 Å². The van der Waals surface area contributed by atoms with Crippen molar-refractivity contribution >= 4 is 33.4 Å². The van der Waals surface area contributed by atoms with Crippen molar-refractivity contribution in [3.05, 3.63) is 57.4 Å². The number of terminal acetylenes is 1. The molecule has 29 heavy (non-hydrogen) atoms. The van der Waals surface area contributed by atoms with Gasteiger partial charge in [-0.15, -0.1) is 17.8 Å². The minimum Gasteiger partial charge on any atom is -0.466 e. The third-order valence-electron chi connectivity index (χ3n) is 4.57. The lowest BCUT2D eigenvalue weighted by Gasteiger charge is -2.29. The monoisotopic (exact) mass is 407 g/mol. The van der Waals surface area contributed by atoms with Gasteiger partial charge in [-0.25, -0.2) is 9.59 Å². The van der Waals surface area contributed by atoms with Crippen LogP contribution in [0.4, 0.5) is 0 Å². The molecule has 1 aromatic heterocycles. The van der Waals surface area contributed by atoms with E-state index in [9.17, 15) is 14.9 Å². The van der Waals surface area contributed by atoms with Crippen LogP contribution in [0.5, 0.6) is 0 Å². The summed E-state index contributed by atoms with van der Waals surface area (Å²) in [7, 11) is 1.26. The molecule has 0 radical (unpaired) electrons. The number of ether oxygens (including phenoxy) is 2. The number of allylic oxidation sites excluding steroid dienone is 1. The maximum Gasteiger partial charge on any atom is 0.339 e. The summed E-state index contributed by atoms with van der Waals surface area (Å²) in [5, 5.41) is 14.8. The largest absolute Gasteiger partial charge is 0.466 e. The van der Waals surface area contributed by atoms with Gasteiger partial charge in [-0.3, -0.25) is 0 Å². The van der Waals surface area contributed by atoms with E-state index in [0.717, 1.165) is 10.1 Å². The van der Waals surface area contributed by atoms with E-state index < -0.39 is 17.9 Å². The first-order valence-electron chi connectivity index (χ1n) is 8.51. The van der Waals surface area contributed by atoms with E-state index in [4.69, 9.17) is 21.6 Å². The second kappa shape index (κ2) is 8.09. The molecular weight excluding hydrogens is 390 g/mol. The fourth-order valence-electron chi connectivity index (χ4n) is 3.35. The van der Waals surface area contributed by atoms with Crippen molar-refractivity contribution in [1.29, 1.82) is 5.26 Å². The Balaban J connectivity index is 2.27. The molecule has 0 amide bonds. The lowest BCUT2D eigenvalue weighted by molar-refractivity contribution is -0.138. The number of nitriles is 1. The molecule has 0 saturated heterocycles. The van der Waals surface area contributed by atoms with Crippen molar-refractivity contribution in [3.8, 4) is 18.4 Å². The van der Waals surface area contributed by atoms with Crippen LogP contribution in [0.25, 0.3) is 10.1 Å². The predicted molar refractivity (Wildman–Crippen MR) is 108 cm³/mol. The Morgan fingerprint density at radius 2 is 2.10 bits per heavy atom. The number of fused-ring (bicyclic) bond motifs is 1. The Morgan fingerprint density at radius 3 is 2.76 bits per heavy atom. The van der Waals surface area contributed by atoms with Crippen molar-refractivity contribution in [3.63, 3.8) is 0 Å². The molecule has 1 aliphatic heterocycles. The number of nitrogens with two attached hydrogens (primary N) is 1. The average Bonchev–Trinajstić information content (AvgIpc) is 3.14. The van der Waals surface area contributed by atoms with E-state index >= 15 is 0 Å². The number of esters is 2. The number of dihydropyridines is 1. The summed E-state index contributed by atoms with van der Waals surface area (Å²) in [6, 6.07) is 7.44. The molecule has 8 heteroatoms. The molecule has 1 atom stereocenters. The highest BCUT2D eigenvalue weighted by atomic mass is 32.1. The van der Waals surface area contributed by atoms with Gasteiger partial charge in [0.1, 0.15) is 11.9 Å². The molecule has 2 aromatic rings. The molecular formula is C21H17N3O4S. The summed E-state index contributed by atoms with van der Waals surface area (Å²) in [5.41, 5.74) is 8.03. The van der Waals surface area contributed by atoms with Gasteiger partial charge in [0.2, 0.25) is 0 Å². The van der Waals surface area contributed by atoms with Crippen molar-refractivity contribution in [2.45, 2.75) is 12.8 Å². The molecule has 1 aliphatic rings. The first-order chi connectivity index (χ1) is 13.9. The van der Waals surface area contributed by atoms with E-state index in [-0.39, 0.29) is 23.6 Å². The zero-order chi connectivity index (χ0) is 21.1. The minimum atomic E-state index is -0.836. The second-order valence-electron chi connectivity index (χ2n) is 6.18. The number of benzene rings is 1. The third-order valence-corrected chi connectivity index (χ3v) is 5.61. The molecule has 1 aromatic carbocycles. The number of nitrogens with zero attached hydrogens (tertiary/aromatic N) is 1. The summed E-state index contributed by atoms with van der Waals surface area (Å²) in [6.45, 7) is 1.44. The number of hydrogen-bond acceptors (Lipinski definition) is 8. The standard InChI is InChI=1S/C21H17N3O4S/c1-4-8-28-21(26)17-16(15(20(25)27-3)11(2)24-19(17)23)14-10-29-18-12(9-22)6-5-7-13(14)18/h1,5-7,10,16,24H,8,23H2,2-3H3. The van der Waals surface area contributed by atoms with Crippen LogP contribution in [0.3, 0.4) is 0 Å². The normalized spacial score (nSPS) is 16.1. The van der Waals surface area contributed by atoms with Crippen LogP contribution in [0.15, 0.2) is 46.2 Å². The molecule has 0 bridgehead atoms. The Labute approximate surface area is 171 Å². The summed E-state index contributed by atoms with van der Waals surface area (Å²) in [4.78, 5) is 25.4. The molecule has 0 aliphatic carbocycles. The Morgan fingerprint density at radius 1 is 1.34 bits per heavy atom. The van der Waals surface area contributed by atoms with Gasteiger partial charge in [0.25, 0.3) is 0 Å². The van der Waals surface area contributed by atoms with E-state index in [0.29, 0.717) is 16.8 Å². The SMILES string of the molecule is C#CCOC(=O)C1=C(N)NC(C)=C(C(=O)OC)C1c1csc2c(C#N)cccc12. The maximum atomic E-state index is 12.8. The van der Waals surface area contributed by atoms with Gasteiger partial charge in [0.05, 0.1) is 34.4 Å². The van der Waals surface area contributed by atoms with Crippen LogP contribution in [0, 0.1) is 23.7 Å². The van der Waals surface area contributed by atoms with Gasteiger partial charge in [-0.2, -0.15) is 5.26 Å². The summed E-state index contributed by atoms with van der Waals surface area (Å²) < 4.78 is 10.8. The minimum absolute atomic E-state index is 0.0633. The van der Waals surface area contributed by atoms with Crippen molar-refractivity contribution in [2.24, 2.45) is 5.73 Å². The third kappa shape index (κ3) is 3.42. The van der Waals surface area contributed by atoms with Crippen molar-refractivity contribution < 1.29 is 19.1 Å². The van der Waals surface area contributed by atoms with Gasteiger partial charge >= 0.3 is 11.9 Å². The van der Waals surface area contributed by atoms with Crippen LogP contribution in [0.1, 0.15) is 24.0 Å². The number of carbonyl (C=O) groups is 2. The van der Waals surface area contributed by atoms with E-state index in [1.165, 1.54) is 18.4 Å². The zero-order valence-corrected chi connectivity index (χ0v) is 16.6. The number of methoxy groups -OCH3 is 1. The first kappa shape index (κ1) is 20.0. The Kier molecular flexibility index (Phi) is 5.58. The van der Waals surface area contributed by atoms with E-state index in [1.54, 1.807) is 24.4 Å². The smallest absolute Gasteiger partial charge is 0.339 e. The van der Waals surface area contributed by atoms with Crippen LogP contribution in [-0.4, -0.2) is 25.7 Å². The molecule has 1 unspecified atom stereocenters. The number of hydrogen-bond donors (Lipinski definition) is 2. The quantitative estimate of drug-likeness (QED) is 0.590. The van der Waals surface area contributed by atoms with Crippen LogP contribution >= 0.6 is 11.3 Å². The summed E-state index contributed by atoms with van der Waals surface area (Å²) in [6.07, 6.45) is 5.19.